The van der Waals surface area contributed by atoms with E-state index < -0.39 is 124 Å². The van der Waals surface area contributed by atoms with Gasteiger partial charge in [0.05, 0.1) is 38.6 Å². The Bertz CT molecular complexity index is 2320. The van der Waals surface area contributed by atoms with Gasteiger partial charge >= 0.3 is 0 Å². The van der Waals surface area contributed by atoms with Gasteiger partial charge in [-0.05, 0) is 83.5 Å². The first kappa shape index (κ1) is 95.7. The fourth-order valence-corrected chi connectivity index (χ4v) is 13.5. The van der Waals surface area contributed by atoms with Crippen molar-refractivity contribution in [2.75, 3.05) is 26.4 Å². The maximum absolute atomic E-state index is 13.5. The summed E-state index contributed by atoms with van der Waals surface area (Å²) >= 11 is 0. The van der Waals surface area contributed by atoms with Crippen LogP contribution in [0, 0.1) is 0 Å². The van der Waals surface area contributed by atoms with Gasteiger partial charge in [-0.25, -0.2) is 0 Å². The number of ether oxygens (including phenoxy) is 6. The Kier molecular flexibility index (Phi) is 59.4. The second-order valence-electron chi connectivity index (χ2n) is 29.2. The second kappa shape index (κ2) is 65.2. The standard InChI is InChI=1S/C86H149NO18/c1-3-5-7-9-11-13-15-17-19-21-23-25-26-27-28-29-30-31-32-33-34-35-36-37-38-39-40-41-42-44-46-48-50-52-54-56-58-60-62-64-74(92)87-69(70(91)63-61-59-57-55-53-51-49-47-45-43-24-22-20-18-16-14-12-10-8-6-4-2)68-100-84-80(98)77(95)82(72(66-89)102-84)105-86-81(99)78(96)83(73(67-90)103-86)104-85-79(97)76(94)75(93)71(65-88)101-85/h5,7,11,13,17,19,23,25,27-28,30-31,33-34,36-37,39-40,69-73,75-86,88-91,93-99H,3-4,6,8-10,12,14-16,18,20-22,24,26,29,32,35,38,41-68H2,1-2H3,(H,87,92)/b7-5-,13-11-,19-17-,25-23-,28-27-,31-30-,34-33-,37-36-,40-39-. The lowest BCUT2D eigenvalue weighted by atomic mass is 9.96. The molecule has 0 bridgehead atoms. The molecule has 19 nitrogen and oxygen atoms in total. The summed E-state index contributed by atoms with van der Waals surface area (Å²) in [6.45, 7) is 1.71. The highest BCUT2D eigenvalue weighted by Gasteiger charge is 2.54. The zero-order chi connectivity index (χ0) is 76.0. The van der Waals surface area contributed by atoms with Crippen molar-refractivity contribution in [3.63, 3.8) is 0 Å². The van der Waals surface area contributed by atoms with Crippen LogP contribution >= 0.6 is 0 Å². The van der Waals surface area contributed by atoms with E-state index in [1.54, 1.807) is 0 Å². The van der Waals surface area contributed by atoms with Crippen LogP contribution in [0.15, 0.2) is 109 Å². The van der Waals surface area contributed by atoms with Crippen LogP contribution in [-0.4, -0.2) is 193 Å². The van der Waals surface area contributed by atoms with Gasteiger partial charge in [0.2, 0.25) is 5.91 Å². The minimum absolute atomic E-state index is 0.247. The van der Waals surface area contributed by atoms with Crippen LogP contribution in [0.5, 0.6) is 0 Å². The van der Waals surface area contributed by atoms with E-state index >= 15 is 0 Å². The Labute approximate surface area is 634 Å². The molecule has 19 heteroatoms. The number of carbonyl (C=O) groups is 1. The summed E-state index contributed by atoms with van der Waals surface area (Å²) in [5.74, 6) is -0.247. The molecule has 105 heavy (non-hydrogen) atoms. The molecule has 12 N–H and O–H groups in total. The molecule has 3 saturated heterocycles. The quantitative estimate of drug-likeness (QED) is 0.0199. The molecule has 3 heterocycles. The molecule has 0 saturated carbocycles. The highest BCUT2D eigenvalue weighted by molar-refractivity contribution is 5.76. The maximum atomic E-state index is 13.5. The van der Waals surface area contributed by atoms with Gasteiger partial charge in [-0.15, -0.1) is 0 Å². The number of aliphatic hydroxyl groups is 11. The number of unbranched alkanes of at least 4 members (excludes halogenated alkanes) is 31. The third-order valence-electron chi connectivity index (χ3n) is 20.1. The van der Waals surface area contributed by atoms with Crippen molar-refractivity contribution in [1.29, 1.82) is 0 Å². The number of hydrogen-bond acceptors (Lipinski definition) is 18. The average molecular weight is 1490 g/mol. The Balaban J connectivity index is 1.34. The molecule has 3 rings (SSSR count). The highest BCUT2D eigenvalue weighted by Crippen LogP contribution is 2.33. The van der Waals surface area contributed by atoms with E-state index in [4.69, 9.17) is 28.4 Å². The van der Waals surface area contributed by atoms with Gasteiger partial charge in [0.1, 0.15) is 73.2 Å². The Morgan fingerprint density at radius 1 is 0.352 bits per heavy atom. The van der Waals surface area contributed by atoms with E-state index in [-0.39, 0.29) is 18.9 Å². The predicted octanol–water partition coefficient (Wildman–Crippen LogP) is 14.5. The third-order valence-corrected chi connectivity index (χ3v) is 20.1. The molecule has 3 aliphatic heterocycles. The highest BCUT2D eigenvalue weighted by atomic mass is 16.8. The van der Waals surface area contributed by atoms with E-state index in [1.807, 2.05) is 0 Å². The zero-order valence-corrected chi connectivity index (χ0v) is 64.9. The summed E-state index contributed by atoms with van der Waals surface area (Å²) in [7, 11) is 0. The lowest BCUT2D eigenvalue weighted by Crippen LogP contribution is -2.66. The van der Waals surface area contributed by atoms with Crippen LogP contribution in [0.1, 0.15) is 296 Å². The van der Waals surface area contributed by atoms with E-state index in [0.717, 1.165) is 116 Å². The van der Waals surface area contributed by atoms with Gasteiger partial charge < -0.3 is 89.9 Å². The Morgan fingerprint density at radius 2 is 0.657 bits per heavy atom. The smallest absolute Gasteiger partial charge is 0.220 e. The molecular formula is C86H149NO18. The van der Waals surface area contributed by atoms with E-state index in [1.165, 1.54) is 148 Å². The largest absolute Gasteiger partial charge is 0.394 e. The van der Waals surface area contributed by atoms with Crippen LogP contribution in [0.4, 0.5) is 0 Å². The predicted molar refractivity (Wildman–Crippen MR) is 420 cm³/mol. The van der Waals surface area contributed by atoms with Crippen molar-refractivity contribution in [3.8, 4) is 0 Å². The van der Waals surface area contributed by atoms with Crippen molar-refractivity contribution < 1.29 is 89.4 Å². The Morgan fingerprint density at radius 3 is 1.03 bits per heavy atom. The van der Waals surface area contributed by atoms with Gasteiger partial charge in [0.25, 0.3) is 0 Å². The summed E-state index contributed by atoms with van der Waals surface area (Å²) in [5, 5.41) is 121. The normalized spacial score (nSPS) is 26.4. The minimum Gasteiger partial charge on any atom is -0.394 e. The fraction of sp³-hybridized carbons (Fsp3) is 0.779. The molecule has 0 spiro atoms. The molecular weight excluding hydrogens is 1330 g/mol. The molecule has 0 aromatic carbocycles. The van der Waals surface area contributed by atoms with Crippen LogP contribution in [-0.2, 0) is 33.2 Å². The van der Waals surface area contributed by atoms with Crippen molar-refractivity contribution >= 4 is 5.91 Å². The molecule has 0 aromatic heterocycles. The number of nitrogens with one attached hydrogen (secondary N) is 1. The van der Waals surface area contributed by atoms with Crippen LogP contribution < -0.4 is 5.32 Å². The van der Waals surface area contributed by atoms with E-state index in [0.29, 0.717) is 12.8 Å². The van der Waals surface area contributed by atoms with Crippen molar-refractivity contribution in [1.82, 2.24) is 5.32 Å². The molecule has 0 aromatic rings. The maximum Gasteiger partial charge on any atom is 0.220 e. The second-order valence-corrected chi connectivity index (χ2v) is 29.2. The van der Waals surface area contributed by atoms with Crippen molar-refractivity contribution in [3.05, 3.63) is 109 Å². The molecule has 1 amide bonds. The third kappa shape index (κ3) is 44.8. The first-order valence-corrected chi connectivity index (χ1v) is 41.6. The summed E-state index contributed by atoms with van der Waals surface area (Å²) in [5.41, 5.74) is 0. The lowest BCUT2D eigenvalue weighted by molar-refractivity contribution is -0.379. The van der Waals surface area contributed by atoms with E-state index in [2.05, 4.69) is 129 Å². The molecule has 0 aliphatic carbocycles. The van der Waals surface area contributed by atoms with Gasteiger partial charge in [0, 0.05) is 6.42 Å². The Hall–Kier alpha value is -3.55. The molecule has 17 atom stereocenters. The average Bonchev–Trinajstić information content (AvgIpc) is 0.780. The number of aliphatic hydroxyl groups excluding tert-OH is 11. The fourth-order valence-electron chi connectivity index (χ4n) is 13.5. The van der Waals surface area contributed by atoms with Gasteiger partial charge in [-0.3, -0.25) is 4.79 Å². The van der Waals surface area contributed by atoms with Gasteiger partial charge in [-0.2, -0.15) is 0 Å². The molecule has 0 radical (unpaired) electrons. The SMILES string of the molecule is CC/C=C\C/C=C\C/C=C\C/C=C\C/C=C\C/C=C\C/C=C\C/C=C\C/C=C\CCCCCCCCCCCCCC(=O)NC(COC1OC(CO)C(OC2OC(CO)C(OC3OC(CO)C(O)C(O)C3O)C(O)C2O)C(O)C1O)C(O)CCCCCCCCCCCCCCCCCCCCCCC. The zero-order valence-electron chi connectivity index (χ0n) is 64.9. The van der Waals surface area contributed by atoms with Gasteiger partial charge in [-0.1, -0.05) is 316 Å². The van der Waals surface area contributed by atoms with Crippen LogP contribution in [0.25, 0.3) is 0 Å². The summed E-state index contributed by atoms with van der Waals surface area (Å²) in [6.07, 6.45) is 63.1. The van der Waals surface area contributed by atoms with Crippen molar-refractivity contribution in [2.24, 2.45) is 0 Å². The summed E-state index contributed by atoms with van der Waals surface area (Å²) in [6, 6.07) is -0.897. The molecule has 3 fully saturated rings. The number of carbonyl (C=O) groups excluding carboxylic acids is 1. The van der Waals surface area contributed by atoms with Crippen LogP contribution in [0.3, 0.4) is 0 Å². The topological polar surface area (TPSA) is 307 Å². The summed E-state index contributed by atoms with van der Waals surface area (Å²) < 4.78 is 34.5. The number of amides is 1. The van der Waals surface area contributed by atoms with Gasteiger partial charge in [0.15, 0.2) is 18.9 Å². The molecule has 3 aliphatic rings. The van der Waals surface area contributed by atoms with E-state index in [9.17, 15) is 61.0 Å². The minimum atomic E-state index is -1.98. The lowest BCUT2D eigenvalue weighted by Gasteiger charge is -2.48. The molecule has 17 unspecified atom stereocenters. The first-order valence-electron chi connectivity index (χ1n) is 41.6. The summed E-state index contributed by atoms with van der Waals surface area (Å²) in [4.78, 5) is 13.5. The van der Waals surface area contributed by atoms with Crippen molar-refractivity contribution in [2.45, 2.75) is 401 Å². The number of hydrogen-bond donors (Lipinski definition) is 12. The van der Waals surface area contributed by atoms with Crippen LogP contribution in [0.2, 0.25) is 0 Å². The number of rotatable bonds is 65. The monoisotopic (exact) mass is 1480 g/mol. The molecule has 606 valence electrons. The first-order chi connectivity index (χ1) is 51.3. The number of allylic oxidation sites excluding steroid dienone is 18.